The molecule has 69 heavy (non-hydrogen) atoms. The number of amides is 2. The second-order valence-corrected chi connectivity index (χ2v) is 19.4. The number of ketones is 2. The van der Waals surface area contributed by atoms with Gasteiger partial charge in [0.05, 0.1) is 13.2 Å². The first-order chi connectivity index (χ1) is 33.1. The minimum atomic E-state index is -0.612. The minimum Gasteiger partial charge on any atom is -0.465 e. The predicted molar refractivity (Wildman–Crippen MR) is 275 cm³/mol. The summed E-state index contributed by atoms with van der Waals surface area (Å²) in [5.41, 5.74) is 0.974. The van der Waals surface area contributed by atoms with Crippen LogP contribution in [0.5, 0.6) is 0 Å². The molecular weight excluding hydrogens is 877 g/mol. The Labute approximate surface area is 417 Å². The normalized spacial score (nSPS) is 12.3. The van der Waals surface area contributed by atoms with Crippen molar-refractivity contribution in [3.63, 3.8) is 0 Å². The fourth-order valence-electron chi connectivity index (χ4n) is 7.59. The summed E-state index contributed by atoms with van der Waals surface area (Å²) in [6.45, 7) is 13.1. The zero-order chi connectivity index (χ0) is 51.5. The predicted octanol–water partition coefficient (Wildman–Crippen LogP) is 9.82. The van der Waals surface area contributed by atoms with Gasteiger partial charge in [-0.05, 0) is 129 Å². The molecule has 1 aromatic carbocycles. The first-order valence-corrected chi connectivity index (χ1v) is 26.5. The number of carbonyl (C=O) groups is 7. The number of unbranched alkanes of at least 4 members (excludes halogenated alkanes) is 14. The lowest BCUT2D eigenvalue weighted by Gasteiger charge is -2.19. The Hall–Kier alpha value is -4.17. The molecule has 14 heteroatoms. The van der Waals surface area contributed by atoms with E-state index >= 15 is 0 Å². The van der Waals surface area contributed by atoms with Gasteiger partial charge in [0.2, 0.25) is 11.8 Å². The van der Waals surface area contributed by atoms with Crippen molar-refractivity contribution < 1.29 is 47.8 Å². The van der Waals surface area contributed by atoms with Crippen LogP contribution in [-0.2, 0) is 54.4 Å². The van der Waals surface area contributed by atoms with E-state index in [1.165, 1.54) is 0 Å². The standard InChI is InChI=1S/C30H56N2O6.C25H40N2O4/c1-23(2)21-26(31-6)29(35)37-19-15-11-12-16-20-38-30(36)27(22-24(3)4)32-28(34)18-14-10-8-7-9-13-17-25(5)33;1-21(28)14-8-5-3-4-6-11-18-24(29)27-19-13-12-17-23(26-2)25(30)31-20-22-15-9-7-10-16-22/h23-24,26-27,31H,7-22H2,1-6H3,(H,32,34);7,9-10,15-16,23,26H,3-6,8,11-14,17-20H2,1-2H3,(H,27,29). The van der Waals surface area contributed by atoms with Gasteiger partial charge in [0.25, 0.3) is 0 Å². The molecule has 0 radical (unpaired) electrons. The average molecular weight is 973 g/mol. The van der Waals surface area contributed by atoms with E-state index < -0.39 is 6.04 Å². The molecule has 0 aliphatic heterocycles. The average Bonchev–Trinajstić information content (AvgIpc) is 3.30. The quantitative estimate of drug-likeness (QED) is 0.0276. The van der Waals surface area contributed by atoms with Crippen LogP contribution in [-0.4, -0.2) is 93.3 Å². The Morgan fingerprint density at radius 2 is 0.884 bits per heavy atom. The summed E-state index contributed by atoms with van der Waals surface area (Å²) in [4.78, 5) is 83.0. The van der Waals surface area contributed by atoms with Gasteiger partial charge >= 0.3 is 17.9 Å². The van der Waals surface area contributed by atoms with E-state index in [0.717, 1.165) is 128 Å². The first-order valence-electron chi connectivity index (χ1n) is 26.5. The highest BCUT2D eigenvalue weighted by Gasteiger charge is 2.24. The van der Waals surface area contributed by atoms with Crippen molar-refractivity contribution >= 4 is 41.3 Å². The van der Waals surface area contributed by atoms with Crippen LogP contribution in [0, 0.1) is 11.8 Å². The molecule has 1 aromatic rings. The lowest BCUT2D eigenvalue weighted by atomic mass is 10.0. The maximum atomic E-state index is 12.6. The number of Topliss-reactive ketones (excluding diaryl/α,β-unsaturated/α-hetero) is 2. The van der Waals surface area contributed by atoms with Gasteiger partial charge in [-0.1, -0.05) is 109 Å². The number of rotatable bonds is 42. The molecule has 4 N–H and O–H groups in total. The highest BCUT2D eigenvalue weighted by molar-refractivity contribution is 5.84. The van der Waals surface area contributed by atoms with Crippen molar-refractivity contribution in [2.45, 2.75) is 227 Å². The van der Waals surface area contributed by atoms with E-state index in [9.17, 15) is 33.6 Å². The summed E-state index contributed by atoms with van der Waals surface area (Å²) < 4.78 is 16.2. The number of nitrogens with one attached hydrogen (secondary N) is 4. The van der Waals surface area contributed by atoms with Crippen molar-refractivity contribution in [1.82, 2.24) is 21.3 Å². The number of hydrogen-bond donors (Lipinski definition) is 4. The van der Waals surface area contributed by atoms with Crippen molar-refractivity contribution in [1.29, 1.82) is 0 Å². The van der Waals surface area contributed by atoms with Gasteiger partial charge in [-0.15, -0.1) is 0 Å². The molecule has 396 valence electrons. The topological polar surface area (TPSA) is 195 Å². The van der Waals surface area contributed by atoms with Crippen LogP contribution in [0.2, 0.25) is 0 Å². The van der Waals surface area contributed by atoms with Gasteiger partial charge in [-0.3, -0.25) is 19.2 Å². The monoisotopic (exact) mass is 973 g/mol. The molecule has 2 amide bonds. The van der Waals surface area contributed by atoms with Crippen molar-refractivity contribution in [2.24, 2.45) is 11.8 Å². The smallest absolute Gasteiger partial charge is 0.328 e. The Kier molecular flexibility index (Phi) is 41.2. The molecule has 14 nitrogen and oxygen atoms in total. The highest BCUT2D eigenvalue weighted by atomic mass is 16.5. The molecule has 0 aliphatic rings. The molecule has 3 atom stereocenters. The van der Waals surface area contributed by atoms with Crippen LogP contribution in [0.3, 0.4) is 0 Å². The third kappa shape index (κ3) is 40.3. The number of carbonyl (C=O) groups excluding carboxylic acids is 7. The Bertz CT molecular complexity index is 1520. The third-order valence-electron chi connectivity index (χ3n) is 11.7. The molecule has 0 fully saturated rings. The van der Waals surface area contributed by atoms with Crippen molar-refractivity contribution in [3.8, 4) is 0 Å². The van der Waals surface area contributed by atoms with Crippen LogP contribution >= 0.6 is 0 Å². The molecule has 0 bridgehead atoms. The minimum absolute atomic E-state index is 0.101. The molecule has 0 saturated carbocycles. The van der Waals surface area contributed by atoms with Crippen LogP contribution in [0.15, 0.2) is 30.3 Å². The van der Waals surface area contributed by atoms with Gasteiger partial charge < -0.3 is 45.1 Å². The Balaban J connectivity index is 0.00000137. The van der Waals surface area contributed by atoms with Crippen LogP contribution in [0.25, 0.3) is 0 Å². The maximum absolute atomic E-state index is 12.6. The molecule has 0 aliphatic carbocycles. The van der Waals surface area contributed by atoms with E-state index in [4.69, 9.17) is 14.2 Å². The van der Waals surface area contributed by atoms with Crippen LogP contribution in [0.1, 0.15) is 208 Å². The lowest BCUT2D eigenvalue weighted by molar-refractivity contribution is -0.149. The number of hydrogen-bond acceptors (Lipinski definition) is 12. The van der Waals surface area contributed by atoms with Gasteiger partial charge in [0, 0.05) is 32.2 Å². The Morgan fingerprint density at radius 1 is 0.464 bits per heavy atom. The number of likely N-dealkylation sites (N-methyl/N-ethyl adjacent to an activating group) is 2. The molecular formula is C55H96N4O10. The number of benzene rings is 1. The summed E-state index contributed by atoms with van der Waals surface area (Å²) in [6, 6.07) is 8.44. The Morgan fingerprint density at radius 3 is 1.36 bits per heavy atom. The van der Waals surface area contributed by atoms with E-state index in [2.05, 4.69) is 35.1 Å². The summed E-state index contributed by atoms with van der Waals surface area (Å²) in [5, 5.41) is 11.9. The molecule has 0 aromatic heterocycles. The van der Waals surface area contributed by atoms with E-state index in [0.29, 0.717) is 64.2 Å². The fourth-order valence-corrected chi connectivity index (χ4v) is 7.59. The first kappa shape index (κ1) is 64.8. The van der Waals surface area contributed by atoms with E-state index in [-0.39, 0.29) is 65.9 Å². The SMILES string of the molecule is CNC(CC(C)C)C(=O)OCCCCCCOC(=O)C(CC(C)C)NC(=O)CCCCCCCCC(C)=O.CNC(CCCCNC(=O)CCCCCCCCC(C)=O)C(=O)OCc1ccccc1. The second kappa shape index (κ2) is 43.8. The molecule has 0 spiro atoms. The molecule has 0 saturated heterocycles. The van der Waals surface area contributed by atoms with Gasteiger partial charge in [0.15, 0.2) is 0 Å². The lowest BCUT2D eigenvalue weighted by Crippen LogP contribution is -2.42. The second-order valence-electron chi connectivity index (χ2n) is 19.4. The van der Waals surface area contributed by atoms with Gasteiger partial charge in [-0.25, -0.2) is 4.79 Å². The zero-order valence-electron chi connectivity index (χ0n) is 44.4. The van der Waals surface area contributed by atoms with Gasteiger partial charge in [0.1, 0.15) is 36.3 Å². The number of esters is 3. The van der Waals surface area contributed by atoms with Crippen molar-refractivity contribution in [2.75, 3.05) is 33.9 Å². The molecule has 1 rings (SSSR count). The maximum Gasteiger partial charge on any atom is 0.328 e. The summed E-state index contributed by atoms with van der Waals surface area (Å²) in [6.07, 6.45) is 21.5. The molecule has 0 heterocycles. The summed E-state index contributed by atoms with van der Waals surface area (Å²) >= 11 is 0. The summed E-state index contributed by atoms with van der Waals surface area (Å²) in [7, 11) is 3.54. The summed E-state index contributed by atoms with van der Waals surface area (Å²) in [5.74, 6) is 0.375. The highest BCUT2D eigenvalue weighted by Crippen LogP contribution is 2.13. The van der Waals surface area contributed by atoms with Crippen LogP contribution < -0.4 is 21.3 Å². The number of ether oxygens (including phenoxy) is 3. The van der Waals surface area contributed by atoms with Gasteiger partial charge in [-0.2, -0.15) is 0 Å². The third-order valence-corrected chi connectivity index (χ3v) is 11.7. The van der Waals surface area contributed by atoms with E-state index in [1.54, 1.807) is 27.9 Å². The molecule has 3 unspecified atom stereocenters. The van der Waals surface area contributed by atoms with Crippen LogP contribution in [0.4, 0.5) is 0 Å². The largest absolute Gasteiger partial charge is 0.465 e. The van der Waals surface area contributed by atoms with E-state index in [1.807, 2.05) is 44.2 Å². The van der Waals surface area contributed by atoms with Crippen molar-refractivity contribution in [3.05, 3.63) is 35.9 Å². The fraction of sp³-hybridized carbons (Fsp3) is 0.764. The zero-order valence-corrected chi connectivity index (χ0v) is 44.4.